The Bertz CT molecular complexity index is 314. The number of allylic oxidation sites excluding steroid dienone is 1. The summed E-state index contributed by atoms with van der Waals surface area (Å²) in [6.07, 6.45) is 1.99. The van der Waals surface area contributed by atoms with Gasteiger partial charge in [-0.05, 0) is 31.2 Å². The molecule has 1 atom stereocenters. The van der Waals surface area contributed by atoms with Crippen LogP contribution >= 0.6 is 11.8 Å². The summed E-state index contributed by atoms with van der Waals surface area (Å²) < 4.78 is 0. The lowest BCUT2D eigenvalue weighted by atomic mass is 9.96. The van der Waals surface area contributed by atoms with Crippen LogP contribution in [0.25, 0.3) is 0 Å². The molecule has 2 rings (SSSR count). The van der Waals surface area contributed by atoms with Crippen molar-refractivity contribution < 1.29 is 0 Å². The van der Waals surface area contributed by atoms with E-state index >= 15 is 0 Å². The van der Waals surface area contributed by atoms with Crippen LogP contribution in [-0.2, 0) is 0 Å². The smallest absolute Gasteiger partial charge is 0.129 e. The van der Waals surface area contributed by atoms with Crippen molar-refractivity contribution in [3.63, 3.8) is 0 Å². The van der Waals surface area contributed by atoms with Crippen LogP contribution in [0.15, 0.2) is 20.5 Å². The second-order valence-electron chi connectivity index (χ2n) is 3.31. The van der Waals surface area contributed by atoms with Crippen molar-refractivity contribution in [3.8, 4) is 0 Å². The molecule has 0 saturated heterocycles. The largest absolute Gasteiger partial charge is 0.253 e. The highest BCUT2D eigenvalue weighted by Gasteiger charge is 2.38. The summed E-state index contributed by atoms with van der Waals surface area (Å²) in [5, 5.41) is 0. The zero-order valence-electron chi connectivity index (χ0n) is 7.59. The van der Waals surface area contributed by atoms with E-state index in [4.69, 9.17) is 0 Å². The summed E-state index contributed by atoms with van der Waals surface area (Å²) in [6.45, 7) is 6.27. The molecular weight excluding hydrogens is 168 g/mol. The minimum Gasteiger partial charge on any atom is -0.253 e. The maximum Gasteiger partial charge on any atom is 0.129 e. The third kappa shape index (κ3) is 0.959. The Morgan fingerprint density at radius 3 is 2.58 bits per heavy atom. The summed E-state index contributed by atoms with van der Waals surface area (Å²) in [5.41, 5.74) is 1.30. The number of aliphatic imine (C=N–C) groups is 2. The molecule has 2 heterocycles. The number of amidine groups is 1. The van der Waals surface area contributed by atoms with Crippen LogP contribution in [0.4, 0.5) is 0 Å². The van der Waals surface area contributed by atoms with Gasteiger partial charge in [0.05, 0.1) is 0 Å². The van der Waals surface area contributed by atoms with Gasteiger partial charge in [-0.15, -0.1) is 11.8 Å². The number of rotatable bonds is 0. The molecule has 3 heteroatoms. The molecule has 12 heavy (non-hydrogen) atoms. The van der Waals surface area contributed by atoms with Crippen LogP contribution in [0, 0.1) is 0 Å². The summed E-state index contributed by atoms with van der Waals surface area (Å²) in [6, 6.07) is 0. The number of hydrogen-bond acceptors (Lipinski definition) is 3. The Kier molecular flexibility index (Phi) is 1.65. The average Bonchev–Trinajstić information content (AvgIpc) is 2.53. The lowest BCUT2D eigenvalue weighted by Crippen LogP contribution is -2.28. The molecule has 64 valence electrons. The highest BCUT2D eigenvalue weighted by Crippen LogP contribution is 2.41. The molecule has 0 N–H and O–H groups in total. The van der Waals surface area contributed by atoms with Crippen molar-refractivity contribution in [1.29, 1.82) is 0 Å². The van der Waals surface area contributed by atoms with Crippen LogP contribution in [0.1, 0.15) is 20.8 Å². The molecule has 0 saturated carbocycles. The minimum absolute atomic E-state index is 0.0706. The molecule has 0 aromatic heterocycles. The van der Waals surface area contributed by atoms with Crippen LogP contribution < -0.4 is 0 Å². The third-order valence-corrected chi connectivity index (χ3v) is 3.84. The van der Waals surface area contributed by atoms with Crippen molar-refractivity contribution >= 4 is 23.8 Å². The normalized spacial score (nSPS) is 33.8. The van der Waals surface area contributed by atoms with Gasteiger partial charge in [0.25, 0.3) is 0 Å². The first-order chi connectivity index (χ1) is 5.64. The van der Waals surface area contributed by atoms with Gasteiger partial charge in [0.15, 0.2) is 0 Å². The summed E-state index contributed by atoms with van der Waals surface area (Å²) in [4.78, 5) is 10.2. The van der Waals surface area contributed by atoms with E-state index in [0.717, 1.165) is 11.6 Å². The van der Waals surface area contributed by atoms with Gasteiger partial charge in [0, 0.05) is 12.0 Å². The van der Waals surface area contributed by atoms with Crippen LogP contribution in [-0.4, -0.2) is 23.3 Å². The number of nitrogens with zero attached hydrogens (tertiary/aromatic N) is 2. The Balaban J connectivity index is 2.44. The van der Waals surface area contributed by atoms with Crippen molar-refractivity contribution in [2.45, 2.75) is 26.3 Å². The first-order valence-electron chi connectivity index (χ1n) is 4.06. The van der Waals surface area contributed by atoms with E-state index in [0.29, 0.717) is 0 Å². The van der Waals surface area contributed by atoms with Gasteiger partial charge in [0.1, 0.15) is 11.4 Å². The van der Waals surface area contributed by atoms with Gasteiger partial charge in [-0.2, -0.15) is 0 Å². The maximum absolute atomic E-state index is 4.57. The third-order valence-electron chi connectivity index (χ3n) is 2.51. The molecule has 0 bridgehead atoms. The standard InChI is InChI=1S/C9H12N2S/c1-6-7(2)12-5-9(6)4-10-8(3)11-9/h4H,5H2,1-3H3. The molecular formula is C9H12N2S. The Morgan fingerprint density at radius 2 is 2.17 bits per heavy atom. The quantitative estimate of drug-likeness (QED) is 0.561. The lowest BCUT2D eigenvalue weighted by molar-refractivity contribution is 0.783. The molecule has 1 unspecified atom stereocenters. The van der Waals surface area contributed by atoms with E-state index in [2.05, 4.69) is 23.8 Å². The first-order valence-corrected chi connectivity index (χ1v) is 5.05. The van der Waals surface area contributed by atoms with E-state index < -0.39 is 0 Å². The average molecular weight is 180 g/mol. The maximum atomic E-state index is 4.57. The first kappa shape index (κ1) is 8.05. The van der Waals surface area contributed by atoms with Gasteiger partial charge in [-0.3, -0.25) is 4.99 Å². The molecule has 0 amide bonds. The van der Waals surface area contributed by atoms with E-state index in [1.165, 1.54) is 10.5 Å². The van der Waals surface area contributed by atoms with E-state index in [-0.39, 0.29) is 5.54 Å². The van der Waals surface area contributed by atoms with Gasteiger partial charge in [0.2, 0.25) is 0 Å². The molecule has 1 spiro atoms. The number of thioether (sulfide) groups is 1. The van der Waals surface area contributed by atoms with Gasteiger partial charge < -0.3 is 0 Å². The van der Waals surface area contributed by atoms with Crippen molar-refractivity contribution in [1.82, 2.24) is 0 Å². The molecule has 0 aromatic rings. The lowest BCUT2D eigenvalue weighted by Gasteiger charge is -2.16. The van der Waals surface area contributed by atoms with Crippen LogP contribution in [0.3, 0.4) is 0 Å². The SMILES string of the molecule is CC1=NC2(C=N1)CSC(C)=C2C. The van der Waals surface area contributed by atoms with Gasteiger partial charge in [-0.25, -0.2) is 4.99 Å². The fraction of sp³-hybridized carbons (Fsp3) is 0.556. The molecule has 2 nitrogen and oxygen atoms in total. The summed E-state index contributed by atoms with van der Waals surface area (Å²) in [7, 11) is 0. The Labute approximate surface area is 76.9 Å². The molecule has 0 aliphatic carbocycles. The molecule has 2 aliphatic heterocycles. The van der Waals surface area contributed by atoms with E-state index in [1.807, 2.05) is 24.9 Å². The van der Waals surface area contributed by atoms with Gasteiger partial charge in [-0.1, -0.05) is 0 Å². The second kappa shape index (κ2) is 2.46. The van der Waals surface area contributed by atoms with Gasteiger partial charge >= 0.3 is 0 Å². The Morgan fingerprint density at radius 1 is 1.42 bits per heavy atom. The van der Waals surface area contributed by atoms with E-state index in [1.54, 1.807) is 0 Å². The number of hydrogen-bond donors (Lipinski definition) is 0. The predicted octanol–water partition coefficient (Wildman–Crippen LogP) is 2.27. The van der Waals surface area contributed by atoms with Crippen LogP contribution in [0.2, 0.25) is 0 Å². The van der Waals surface area contributed by atoms with Crippen molar-refractivity contribution in [2.24, 2.45) is 9.98 Å². The highest BCUT2D eigenvalue weighted by molar-refractivity contribution is 8.03. The molecule has 0 fully saturated rings. The topological polar surface area (TPSA) is 24.7 Å². The fourth-order valence-corrected chi connectivity index (χ4v) is 2.72. The van der Waals surface area contributed by atoms with Crippen LogP contribution in [0.5, 0.6) is 0 Å². The summed E-state index contributed by atoms with van der Waals surface area (Å²) in [5.74, 6) is 1.94. The molecule has 2 aliphatic rings. The second-order valence-corrected chi connectivity index (χ2v) is 4.50. The van der Waals surface area contributed by atoms with Crippen molar-refractivity contribution in [2.75, 3.05) is 5.75 Å². The fourth-order valence-electron chi connectivity index (χ4n) is 1.54. The van der Waals surface area contributed by atoms with Crippen molar-refractivity contribution in [3.05, 3.63) is 10.5 Å². The minimum atomic E-state index is -0.0706. The summed E-state index contributed by atoms with van der Waals surface area (Å²) >= 11 is 1.88. The molecule has 0 radical (unpaired) electrons. The monoisotopic (exact) mass is 180 g/mol. The predicted molar refractivity (Wildman–Crippen MR) is 55.2 cm³/mol. The highest BCUT2D eigenvalue weighted by atomic mass is 32.2. The molecule has 0 aromatic carbocycles. The Hall–Kier alpha value is -0.570. The zero-order chi connectivity index (χ0) is 8.77. The van der Waals surface area contributed by atoms with E-state index in [9.17, 15) is 0 Å². The zero-order valence-corrected chi connectivity index (χ0v) is 8.40.